The summed E-state index contributed by atoms with van der Waals surface area (Å²) in [5.74, 6) is 1.81. The summed E-state index contributed by atoms with van der Waals surface area (Å²) < 4.78 is 3.14. The van der Waals surface area contributed by atoms with Gasteiger partial charge < -0.3 is 9.67 Å². The highest BCUT2D eigenvalue weighted by atomic mass is 79.9. The molecule has 0 saturated heterocycles. The highest BCUT2D eigenvalue weighted by molar-refractivity contribution is 9.10. The van der Waals surface area contributed by atoms with E-state index in [1.165, 1.54) is 12.1 Å². The molecule has 0 saturated carbocycles. The van der Waals surface area contributed by atoms with Gasteiger partial charge in [0.15, 0.2) is 0 Å². The zero-order valence-corrected chi connectivity index (χ0v) is 11.8. The van der Waals surface area contributed by atoms with E-state index >= 15 is 0 Å². The molecule has 2 aromatic rings. The van der Waals surface area contributed by atoms with Crippen LogP contribution in [0.5, 0.6) is 5.75 Å². The van der Waals surface area contributed by atoms with Gasteiger partial charge in [0.1, 0.15) is 16.2 Å². The predicted octanol–water partition coefficient (Wildman–Crippen LogP) is 3.60. The standard InChI is InChI=1S/C14H15BrN2O/c1-9-6-7-11-13(15)16-14(17(11)8-9)10-4-2-3-5-12(10)18/h2-5,9,18H,6-8H2,1H3. The van der Waals surface area contributed by atoms with E-state index in [9.17, 15) is 5.11 Å². The maximum Gasteiger partial charge on any atom is 0.145 e. The first-order valence-electron chi connectivity index (χ1n) is 6.20. The Morgan fingerprint density at radius 2 is 2.17 bits per heavy atom. The summed E-state index contributed by atoms with van der Waals surface area (Å²) in [6.07, 6.45) is 2.24. The highest BCUT2D eigenvalue weighted by Crippen LogP contribution is 2.35. The van der Waals surface area contributed by atoms with E-state index in [4.69, 9.17) is 0 Å². The van der Waals surface area contributed by atoms with Gasteiger partial charge in [0.25, 0.3) is 0 Å². The van der Waals surface area contributed by atoms with Crippen LogP contribution in [-0.2, 0) is 13.0 Å². The van der Waals surface area contributed by atoms with Crippen molar-refractivity contribution in [3.8, 4) is 17.1 Å². The Bertz CT molecular complexity index is 591. The summed E-state index contributed by atoms with van der Waals surface area (Å²) in [7, 11) is 0. The molecule has 1 aromatic heterocycles. The molecule has 1 unspecified atom stereocenters. The molecule has 0 aliphatic carbocycles. The third kappa shape index (κ3) is 1.85. The van der Waals surface area contributed by atoms with Crippen LogP contribution in [0, 0.1) is 5.92 Å². The third-order valence-electron chi connectivity index (χ3n) is 3.54. The molecular formula is C14H15BrN2O. The van der Waals surface area contributed by atoms with E-state index in [0.717, 1.165) is 29.0 Å². The summed E-state index contributed by atoms with van der Waals surface area (Å²) in [4.78, 5) is 4.58. The van der Waals surface area contributed by atoms with Crippen LogP contribution in [0.4, 0.5) is 0 Å². The van der Waals surface area contributed by atoms with Gasteiger partial charge in [0.2, 0.25) is 0 Å². The van der Waals surface area contributed by atoms with Crippen molar-refractivity contribution in [2.75, 3.05) is 0 Å². The second-order valence-corrected chi connectivity index (χ2v) is 5.70. The number of aromatic nitrogens is 2. The summed E-state index contributed by atoms with van der Waals surface area (Å²) >= 11 is 3.53. The van der Waals surface area contributed by atoms with Crippen molar-refractivity contribution in [3.05, 3.63) is 34.6 Å². The smallest absolute Gasteiger partial charge is 0.145 e. The molecule has 0 fully saturated rings. The van der Waals surface area contributed by atoms with Gasteiger partial charge in [-0.2, -0.15) is 0 Å². The minimum Gasteiger partial charge on any atom is -0.507 e. The number of hydrogen-bond donors (Lipinski definition) is 1. The zero-order valence-electron chi connectivity index (χ0n) is 10.2. The number of fused-ring (bicyclic) bond motifs is 1. The largest absolute Gasteiger partial charge is 0.507 e. The van der Waals surface area contributed by atoms with Gasteiger partial charge in [0, 0.05) is 6.54 Å². The maximum atomic E-state index is 9.97. The molecule has 1 aromatic carbocycles. The Morgan fingerprint density at radius 1 is 1.39 bits per heavy atom. The molecule has 1 aliphatic rings. The van der Waals surface area contributed by atoms with Crippen LogP contribution in [0.25, 0.3) is 11.4 Å². The Kier molecular flexibility index (Phi) is 2.90. The van der Waals surface area contributed by atoms with Gasteiger partial charge in [-0.25, -0.2) is 4.98 Å². The Hall–Kier alpha value is -1.29. The molecule has 0 amide bonds. The lowest BCUT2D eigenvalue weighted by Gasteiger charge is -2.22. The molecule has 18 heavy (non-hydrogen) atoms. The number of benzene rings is 1. The monoisotopic (exact) mass is 306 g/mol. The van der Waals surface area contributed by atoms with Gasteiger partial charge in [0.05, 0.1) is 11.3 Å². The lowest BCUT2D eigenvalue weighted by atomic mass is 10.00. The number of nitrogens with zero attached hydrogens (tertiary/aromatic N) is 2. The highest BCUT2D eigenvalue weighted by Gasteiger charge is 2.23. The fourth-order valence-corrected chi connectivity index (χ4v) is 3.13. The van der Waals surface area contributed by atoms with E-state index in [1.807, 2.05) is 18.2 Å². The summed E-state index contributed by atoms with van der Waals surface area (Å²) in [6, 6.07) is 7.38. The molecule has 1 N–H and O–H groups in total. The maximum absolute atomic E-state index is 9.97. The molecule has 94 valence electrons. The molecule has 2 heterocycles. The molecule has 3 nitrogen and oxygen atoms in total. The van der Waals surface area contributed by atoms with Crippen molar-refractivity contribution in [2.45, 2.75) is 26.3 Å². The van der Waals surface area contributed by atoms with E-state index in [1.54, 1.807) is 6.07 Å². The van der Waals surface area contributed by atoms with Crippen molar-refractivity contribution in [2.24, 2.45) is 5.92 Å². The average Bonchev–Trinajstić information content (AvgIpc) is 2.67. The van der Waals surface area contributed by atoms with Crippen molar-refractivity contribution in [1.29, 1.82) is 0 Å². The van der Waals surface area contributed by atoms with Crippen molar-refractivity contribution in [1.82, 2.24) is 9.55 Å². The zero-order chi connectivity index (χ0) is 12.7. The predicted molar refractivity (Wildman–Crippen MR) is 74.5 cm³/mol. The first-order chi connectivity index (χ1) is 8.66. The molecule has 0 bridgehead atoms. The van der Waals surface area contributed by atoms with Crippen LogP contribution in [0.3, 0.4) is 0 Å². The lowest BCUT2D eigenvalue weighted by molar-refractivity contribution is 0.400. The Morgan fingerprint density at radius 3 is 2.94 bits per heavy atom. The topological polar surface area (TPSA) is 38.1 Å². The van der Waals surface area contributed by atoms with Crippen LogP contribution in [0.2, 0.25) is 0 Å². The molecule has 3 rings (SSSR count). The third-order valence-corrected chi connectivity index (χ3v) is 4.17. The first-order valence-corrected chi connectivity index (χ1v) is 6.99. The average molecular weight is 307 g/mol. The normalized spacial score (nSPS) is 18.7. The minimum atomic E-state index is 0.288. The number of phenolic OH excluding ortho intramolecular Hbond substituents is 1. The molecule has 1 aliphatic heterocycles. The van der Waals surface area contributed by atoms with Crippen LogP contribution < -0.4 is 0 Å². The fraction of sp³-hybridized carbons (Fsp3) is 0.357. The van der Waals surface area contributed by atoms with Crippen molar-refractivity contribution < 1.29 is 5.11 Å². The van der Waals surface area contributed by atoms with Gasteiger partial charge in [-0.1, -0.05) is 19.1 Å². The molecule has 1 atom stereocenters. The van der Waals surface area contributed by atoms with Crippen molar-refractivity contribution in [3.63, 3.8) is 0 Å². The second-order valence-electron chi connectivity index (χ2n) is 4.94. The SMILES string of the molecule is CC1CCc2c(Br)nc(-c3ccccc3O)n2C1. The number of para-hydroxylation sites is 1. The van der Waals surface area contributed by atoms with E-state index in [-0.39, 0.29) is 5.75 Å². The van der Waals surface area contributed by atoms with E-state index in [2.05, 4.69) is 32.4 Å². The van der Waals surface area contributed by atoms with Gasteiger partial charge in [-0.05, 0) is 46.8 Å². The van der Waals surface area contributed by atoms with Gasteiger partial charge >= 0.3 is 0 Å². The number of rotatable bonds is 1. The Labute approximate surface area is 115 Å². The number of phenols is 1. The molecule has 4 heteroatoms. The van der Waals surface area contributed by atoms with Crippen LogP contribution in [0.15, 0.2) is 28.9 Å². The number of imidazole rings is 1. The molecule has 0 radical (unpaired) electrons. The van der Waals surface area contributed by atoms with Crippen LogP contribution in [0.1, 0.15) is 19.0 Å². The fourth-order valence-electron chi connectivity index (χ4n) is 2.55. The van der Waals surface area contributed by atoms with Gasteiger partial charge in [-0.3, -0.25) is 0 Å². The van der Waals surface area contributed by atoms with E-state index < -0.39 is 0 Å². The lowest BCUT2D eigenvalue weighted by Crippen LogP contribution is -2.18. The van der Waals surface area contributed by atoms with Gasteiger partial charge in [-0.15, -0.1) is 0 Å². The quantitative estimate of drug-likeness (QED) is 0.874. The summed E-state index contributed by atoms with van der Waals surface area (Å²) in [5.41, 5.74) is 2.05. The number of aromatic hydroxyl groups is 1. The van der Waals surface area contributed by atoms with E-state index in [0.29, 0.717) is 5.92 Å². The number of hydrogen-bond acceptors (Lipinski definition) is 2. The minimum absolute atomic E-state index is 0.288. The summed E-state index contributed by atoms with van der Waals surface area (Å²) in [6.45, 7) is 3.23. The first kappa shape index (κ1) is 11.8. The second kappa shape index (κ2) is 4.43. The summed E-state index contributed by atoms with van der Waals surface area (Å²) in [5, 5.41) is 9.97. The molecular weight excluding hydrogens is 292 g/mol. The van der Waals surface area contributed by atoms with Crippen LogP contribution >= 0.6 is 15.9 Å². The number of halogens is 1. The Balaban J connectivity index is 2.17. The van der Waals surface area contributed by atoms with Crippen molar-refractivity contribution >= 4 is 15.9 Å². The molecule has 0 spiro atoms. The van der Waals surface area contributed by atoms with Crippen LogP contribution in [-0.4, -0.2) is 14.7 Å².